The summed E-state index contributed by atoms with van der Waals surface area (Å²) in [5, 5.41) is 9.93. The van der Waals surface area contributed by atoms with Crippen LogP contribution in [0.5, 0.6) is 0 Å². The molecule has 2 heterocycles. The fourth-order valence-electron chi connectivity index (χ4n) is 4.88. The Morgan fingerprint density at radius 1 is 1.33 bits per heavy atom. The predicted octanol–water partition coefficient (Wildman–Crippen LogP) is 1.55. The van der Waals surface area contributed by atoms with E-state index >= 15 is 0 Å². The molecule has 4 aliphatic rings. The first kappa shape index (κ1) is 19.9. The van der Waals surface area contributed by atoms with Gasteiger partial charge in [0.25, 0.3) is 5.56 Å². The second-order valence-electron chi connectivity index (χ2n) is 9.57. The first-order chi connectivity index (χ1) is 14.2. The summed E-state index contributed by atoms with van der Waals surface area (Å²) in [7, 11) is 1.76. The van der Waals surface area contributed by atoms with Crippen molar-refractivity contribution in [2.24, 2.45) is 5.92 Å². The van der Waals surface area contributed by atoms with Crippen molar-refractivity contribution in [2.45, 2.75) is 82.0 Å². The Morgan fingerprint density at radius 2 is 2.07 bits per heavy atom. The average molecular weight is 415 g/mol. The molecule has 0 aromatic carbocycles. The van der Waals surface area contributed by atoms with Crippen LogP contribution in [-0.4, -0.2) is 45.5 Å². The van der Waals surface area contributed by atoms with Crippen LogP contribution in [-0.2, 0) is 14.1 Å². The third kappa shape index (κ3) is 2.89. The zero-order chi connectivity index (χ0) is 21.3. The number of hydrogen-bond donors (Lipinski definition) is 2. The molecule has 9 heteroatoms. The molecule has 30 heavy (non-hydrogen) atoms. The maximum absolute atomic E-state index is 12.7. The van der Waals surface area contributed by atoms with Gasteiger partial charge in [0, 0.05) is 11.8 Å². The molecule has 8 nitrogen and oxygen atoms in total. The SMILES string of the molecule is Cc1cc(=O)[nH]c(=O)n1C1C2(C)OC(CO)=C(O[B]CCC3CC3)C12OC1(C)CC1. The molecule has 2 N–H and O–H groups in total. The first-order valence-electron chi connectivity index (χ1n) is 10.8. The number of rotatable bonds is 9. The van der Waals surface area contributed by atoms with Crippen molar-refractivity contribution in [1.29, 1.82) is 0 Å². The monoisotopic (exact) mass is 415 g/mol. The topological polar surface area (TPSA) is 103 Å². The first-order valence-corrected chi connectivity index (χ1v) is 10.8. The highest BCUT2D eigenvalue weighted by Crippen LogP contribution is 2.73. The van der Waals surface area contributed by atoms with Crippen LogP contribution in [0.3, 0.4) is 0 Å². The summed E-state index contributed by atoms with van der Waals surface area (Å²) in [5.74, 6) is 1.57. The van der Waals surface area contributed by atoms with Crippen molar-refractivity contribution in [3.63, 3.8) is 0 Å². The number of H-pyrrole nitrogens is 1. The lowest BCUT2D eigenvalue weighted by atomic mass is 9.90. The van der Waals surface area contributed by atoms with Gasteiger partial charge in [0.1, 0.15) is 12.6 Å². The van der Waals surface area contributed by atoms with Gasteiger partial charge in [0.05, 0.1) is 5.60 Å². The van der Waals surface area contributed by atoms with Gasteiger partial charge >= 0.3 is 13.2 Å². The van der Waals surface area contributed by atoms with E-state index in [0.717, 1.165) is 31.5 Å². The van der Waals surface area contributed by atoms with E-state index < -0.39 is 28.5 Å². The van der Waals surface area contributed by atoms with Gasteiger partial charge in [-0.05, 0) is 45.9 Å². The molecular formula is C21H28BN2O6. The van der Waals surface area contributed by atoms with Crippen LogP contribution in [0.25, 0.3) is 0 Å². The smallest absolute Gasteiger partial charge is 0.369 e. The van der Waals surface area contributed by atoms with Gasteiger partial charge in [0.2, 0.25) is 0 Å². The van der Waals surface area contributed by atoms with Gasteiger partial charge in [-0.3, -0.25) is 14.3 Å². The van der Waals surface area contributed by atoms with Crippen LogP contribution in [0.4, 0.5) is 0 Å². The molecule has 3 unspecified atom stereocenters. The molecule has 1 radical (unpaired) electrons. The van der Waals surface area contributed by atoms with E-state index in [9.17, 15) is 14.7 Å². The van der Waals surface area contributed by atoms with Crippen LogP contribution in [0.1, 0.15) is 57.7 Å². The number of nitrogens with one attached hydrogen (secondary N) is 1. The molecule has 3 atom stereocenters. The van der Waals surface area contributed by atoms with Crippen LogP contribution < -0.4 is 11.2 Å². The molecule has 5 rings (SSSR count). The predicted molar refractivity (Wildman–Crippen MR) is 109 cm³/mol. The van der Waals surface area contributed by atoms with Crippen molar-refractivity contribution < 1.29 is 19.2 Å². The van der Waals surface area contributed by atoms with Crippen molar-refractivity contribution >= 4 is 7.48 Å². The number of aliphatic hydroxyl groups is 1. The average Bonchev–Trinajstić information content (AvgIpc) is 3.61. The Morgan fingerprint density at radius 3 is 2.67 bits per heavy atom. The Bertz CT molecular complexity index is 1020. The van der Waals surface area contributed by atoms with Gasteiger partial charge in [-0.2, -0.15) is 0 Å². The molecular weight excluding hydrogens is 387 g/mol. The quantitative estimate of drug-likeness (QED) is 0.469. The maximum Gasteiger partial charge on any atom is 0.369 e. The lowest BCUT2D eigenvalue weighted by Gasteiger charge is -2.25. The summed E-state index contributed by atoms with van der Waals surface area (Å²) in [6, 6.07) is 0.888. The standard InChI is InChI=1S/C21H28BN2O6/c1-12-10-15(26)23-18(27)24(12)17-20(3)21(17,30-19(2)7-8-19)16(14(11-25)28-20)29-22-9-6-13-4-5-13/h10,13,17,25H,4-9,11H2,1-3H3,(H,23,26,27). The highest BCUT2D eigenvalue weighted by Gasteiger charge is 2.88. The van der Waals surface area contributed by atoms with Gasteiger partial charge < -0.3 is 19.2 Å². The number of nitrogens with zero attached hydrogens (tertiary/aromatic N) is 1. The minimum atomic E-state index is -1.03. The molecule has 1 aromatic heterocycles. The summed E-state index contributed by atoms with van der Waals surface area (Å²) in [4.78, 5) is 26.8. The van der Waals surface area contributed by atoms with Crippen LogP contribution in [0.2, 0.25) is 6.32 Å². The molecule has 0 amide bonds. The molecule has 3 fully saturated rings. The Balaban J connectivity index is 1.52. The molecule has 1 aliphatic heterocycles. The van der Waals surface area contributed by atoms with E-state index in [1.165, 1.54) is 23.5 Å². The van der Waals surface area contributed by atoms with Gasteiger partial charge in [-0.1, -0.05) is 19.3 Å². The summed E-state index contributed by atoms with van der Waals surface area (Å²) in [5.41, 5.74) is -2.68. The van der Waals surface area contributed by atoms with Crippen molar-refractivity contribution in [1.82, 2.24) is 9.55 Å². The maximum atomic E-state index is 12.7. The zero-order valence-electron chi connectivity index (χ0n) is 17.7. The second kappa shape index (κ2) is 6.50. The minimum absolute atomic E-state index is 0.310. The highest BCUT2D eigenvalue weighted by molar-refractivity contribution is 6.27. The van der Waals surface area contributed by atoms with E-state index in [4.69, 9.17) is 14.1 Å². The summed E-state index contributed by atoms with van der Waals surface area (Å²) >= 11 is 0. The Labute approximate surface area is 175 Å². The molecule has 161 valence electrons. The van der Waals surface area contributed by atoms with E-state index in [-0.39, 0.29) is 12.2 Å². The number of ether oxygens (including phenoxy) is 2. The summed E-state index contributed by atoms with van der Waals surface area (Å²) in [6.45, 7) is 5.32. The van der Waals surface area contributed by atoms with Crippen molar-refractivity contribution in [2.75, 3.05) is 6.61 Å². The van der Waals surface area contributed by atoms with E-state index in [2.05, 4.69) is 4.98 Å². The zero-order valence-corrected chi connectivity index (χ0v) is 17.7. The van der Waals surface area contributed by atoms with E-state index in [1.807, 2.05) is 13.8 Å². The Hall–Kier alpha value is -2.00. The number of aryl methyl sites for hydroxylation is 1. The second-order valence-corrected chi connectivity index (χ2v) is 9.57. The van der Waals surface area contributed by atoms with Crippen molar-refractivity contribution in [3.8, 4) is 0 Å². The number of aromatic amines is 1. The number of aliphatic hydroxyl groups excluding tert-OH is 1. The lowest BCUT2D eigenvalue weighted by molar-refractivity contribution is -0.0633. The summed E-state index contributed by atoms with van der Waals surface area (Å²) < 4.78 is 20.4. The fourth-order valence-corrected chi connectivity index (χ4v) is 4.88. The van der Waals surface area contributed by atoms with Gasteiger partial charge in [0.15, 0.2) is 22.7 Å². The number of hydrogen-bond acceptors (Lipinski definition) is 6. The molecule has 0 saturated heterocycles. The number of aromatic nitrogens is 2. The highest BCUT2D eigenvalue weighted by atomic mass is 16.6. The molecule has 3 aliphatic carbocycles. The largest absolute Gasteiger partial charge is 0.562 e. The van der Waals surface area contributed by atoms with Crippen LogP contribution >= 0.6 is 0 Å². The molecule has 3 saturated carbocycles. The minimum Gasteiger partial charge on any atom is -0.562 e. The van der Waals surface area contributed by atoms with Gasteiger partial charge in [-0.15, -0.1) is 0 Å². The van der Waals surface area contributed by atoms with Crippen LogP contribution in [0, 0.1) is 12.8 Å². The van der Waals surface area contributed by atoms with Gasteiger partial charge in [-0.25, -0.2) is 4.79 Å². The van der Waals surface area contributed by atoms with E-state index in [1.54, 1.807) is 14.4 Å². The normalized spacial score (nSPS) is 33.1. The third-order valence-corrected chi connectivity index (χ3v) is 7.01. The number of fused-ring (bicyclic) bond motifs is 1. The third-order valence-electron chi connectivity index (χ3n) is 7.01. The van der Waals surface area contributed by atoms with Crippen LogP contribution in [0.15, 0.2) is 27.2 Å². The molecule has 1 aromatic rings. The molecule has 0 spiro atoms. The van der Waals surface area contributed by atoms with E-state index in [0.29, 0.717) is 17.2 Å². The summed E-state index contributed by atoms with van der Waals surface area (Å²) in [6.07, 6.45) is 6.25. The fraction of sp³-hybridized carbons (Fsp3) is 0.714. The van der Waals surface area contributed by atoms with Crippen molar-refractivity contribution in [3.05, 3.63) is 44.1 Å². The lowest BCUT2D eigenvalue weighted by Crippen LogP contribution is -2.36. The molecule has 0 bridgehead atoms. The Kier molecular flexibility index (Phi) is 4.32.